The van der Waals surface area contributed by atoms with Crippen LogP contribution in [0.15, 0.2) is 0 Å². The highest BCUT2D eigenvalue weighted by Gasteiger charge is 2.32. The van der Waals surface area contributed by atoms with Crippen molar-refractivity contribution in [1.29, 1.82) is 0 Å². The van der Waals surface area contributed by atoms with Crippen LogP contribution in [0.25, 0.3) is 0 Å². The summed E-state index contributed by atoms with van der Waals surface area (Å²) in [5, 5.41) is 11.8. The van der Waals surface area contributed by atoms with Gasteiger partial charge in [-0.15, -0.1) is 12.4 Å². The minimum Gasteiger partial charge on any atom is -0.481 e. The third-order valence-electron chi connectivity index (χ3n) is 2.56. The standard InChI is InChI=1S/C8H16NO3P.ClH/c1-13(2,12)7-3-6(8(10)11)4-9-5-7;/h6-7,9H,3-5H2,1-2H3,(H,10,11);1H. The van der Waals surface area contributed by atoms with E-state index in [1.165, 1.54) is 0 Å². The number of nitrogens with one attached hydrogen (secondary N) is 1. The lowest BCUT2D eigenvalue weighted by Gasteiger charge is -2.30. The van der Waals surface area contributed by atoms with E-state index in [-0.39, 0.29) is 24.0 Å². The Morgan fingerprint density at radius 3 is 2.43 bits per heavy atom. The first kappa shape index (κ1) is 13.9. The molecule has 84 valence electrons. The molecule has 0 aromatic heterocycles. The van der Waals surface area contributed by atoms with Crippen LogP contribution >= 0.6 is 19.5 Å². The van der Waals surface area contributed by atoms with Crippen LogP contribution in [-0.2, 0) is 9.36 Å². The molecule has 0 aromatic rings. The van der Waals surface area contributed by atoms with E-state index in [9.17, 15) is 9.36 Å². The Morgan fingerprint density at radius 1 is 1.43 bits per heavy atom. The highest BCUT2D eigenvalue weighted by atomic mass is 35.5. The number of hydrogen-bond acceptors (Lipinski definition) is 3. The molecule has 1 aliphatic heterocycles. The van der Waals surface area contributed by atoms with Gasteiger partial charge in [-0.3, -0.25) is 4.79 Å². The summed E-state index contributed by atoms with van der Waals surface area (Å²) in [6.07, 6.45) is 0.548. The summed E-state index contributed by atoms with van der Waals surface area (Å²) in [6.45, 7) is 4.65. The van der Waals surface area contributed by atoms with Gasteiger partial charge in [0.05, 0.1) is 13.1 Å². The van der Waals surface area contributed by atoms with E-state index in [1.807, 2.05) is 0 Å². The number of aliphatic carboxylic acids is 1. The van der Waals surface area contributed by atoms with E-state index in [0.29, 0.717) is 19.5 Å². The molecule has 1 saturated heterocycles. The van der Waals surface area contributed by atoms with Crippen LogP contribution in [-0.4, -0.2) is 43.2 Å². The quantitative estimate of drug-likeness (QED) is 0.711. The summed E-state index contributed by atoms with van der Waals surface area (Å²) in [6, 6.07) is 0. The van der Waals surface area contributed by atoms with Gasteiger partial charge in [0.2, 0.25) is 0 Å². The predicted octanol–water partition coefficient (Wildman–Crippen LogP) is 1.09. The summed E-state index contributed by atoms with van der Waals surface area (Å²) < 4.78 is 11.7. The van der Waals surface area contributed by atoms with Crippen molar-refractivity contribution in [2.24, 2.45) is 5.92 Å². The van der Waals surface area contributed by atoms with Crippen molar-refractivity contribution in [2.75, 3.05) is 26.4 Å². The maximum Gasteiger partial charge on any atom is 0.307 e. The number of halogens is 1. The van der Waals surface area contributed by atoms with Crippen LogP contribution in [0.4, 0.5) is 0 Å². The van der Waals surface area contributed by atoms with Gasteiger partial charge in [-0.1, -0.05) is 0 Å². The monoisotopic (exact) mass is 241 g/mol. The molecule has 1 fully saturated rings. The number of carboxylic acids is 1. The van der Waals surface area contributed by atoms with Crippen LogP contribution in [0, 0.1) is 5.92 Å². The number of hydrogen-bond donors (Lipinski definition) is 2. The maximum absolute atomic E-state index is 11.7. The fourth-order valence-electron chi connectivity index (χ4n) is 1.58. The van der Waals surface area contributed by atoms with Gasteiger partial charge in [0.25, 0.3) is 0 Å². The molecule has 2 N–H and O–H groups in total. The van der Waals surface area contributed by atoms with Gasteiger partial charge in [0.1, 0.15) is 0 Å². The van der Waals surface area contributed by atoms with Gasteiger partial charge in [-0.05, 0) is 19.8 Å². The lowest BCUT2D eigenvalue weighted by Crippen LogP contribution is -2.42. The lowest BCUT2D eigenvalue weighted by molar-refractivity contribution is -0.142. The van der Waals surface area contributed by atoms with Crippen LogP contribution in [0.5, 0.6) is 0 Å². The SMILES string of the molecule is CP(C)(=O)C1CNCC(C(=O)O)C1.Cl. The molecule has 1 aliphatic rings. The summed E-state index contributed by atoms with van der Waals surface area (Å²) in [7, 11) is -2.14. The summed E-state index contributed by atoms with van der Waals surface area (Å²) >= 11 is 0. The second-order valence-electron chi connectivity index (χ2n) is 4.02. The summed E-state index contributed by atoms with van der Waals surface area (Å²) in [4.78, 5) is 10.7. The Bertz CT molecular complexity index is 253. The third kappa shape index (κ3) is 3.60. The van der Waals surface area contributed by atoms with E-state index in [0.717, 1.165) is 0 Å². The molecule has 2 atom stereocenters. The fourth-order valence-corrected chi connectivity index (χ4v) is 2.91. The topological polar surface area (TPSA) is 66.4 Å². The number of carboxylic acid groups (broad SMARTS) is 1. The molecule has 6 heteroatoms. The van der Waals surface area contributed by atoms with Gasteiger partial charge in [-0.25, -0.2) is 0 Å². The van der Waals surface area contributed by atoms with E-state index in [2.05, 4.69) is 5.32 Å². The maximum atomic E-state index is 11.7. The summed E-state index contributed by atoms with van der Waals surface area (Å²) in [5.74, 6) is -1.15. The van der Waals surface area contributed by atoms with Crippen molar-refractivity contribution in [3.63, 3.8) is 0 Å². The van der Waals surface area contributed by atoms with E-state index in [1.54, 1.807) is 13.3 Å². The van der Waals surface area contributed by atoms with Crippen molar-refractivity contribution in [2.45, 2.75) is 12.1 Å². The molecule has 0 aromatic carbocycles. The van der Waals surface area contributed by atoms with Crippen LogP contribution in [0.2, 0.25) is 0 Å². The molecule has 1 heterocycles. The largest absolute Gasteiger partial charge is 0.481 e. The highest BCUT2D eigenvalue weighted by Crippen LogP contribution is 2.45. The first-order valence-electron chi connectivity index (χ1n) is 4.39. The highest BCUT2D eigenvalue weighted by molar-refractivity contribution is 7.63. The van der Waals surface area contributed by atoms with Crippen LogP contribution < -0.4 is 5.32 Å². The van der Waals surface area contributed by atoms with Crippen molar-refractivity contribution in [3.05, 3.63) is 0 Å². The number of carbonyl (C=O) groups is 1. The minimum atomic E-state index is -2.14. The van der Waals surface area contributed by atoms with Crippen LogP contribution in [0.1, 0.15) is 6.42 Å². The average molecular weight is 242 g/mol. The molecule has 1 rings (SSSR count). The van der Waals surface area contributed by atoms with Gasteiger partial charge in [0.15, 0.2) is 0 Å². The first-order chi connectivity index (χ1) is 5.91. The van der Waals surface area contributed by atoms with Crippen molar-refractivity contribution < 1.29 is 14.5 Å². The van der Waals surface area contributed by atoms with E-state index < -0.39 is 13.1 Å². The molecule has 0 radical (unpaired) electrons. The van der Waals surface area contributed by atoms with Crippen LogP contribution in [0.3, 0.4) is 0 Å². The Hall–Kier alpha value is -0.0500. The minimum absolute atomic E-state index is 0. The molecule has 0 amide bonds. The Labute approximate surface area is 90.2 Å². The van der Waals surface area contributed by atoms with Crippen molar-refractivity contribution in [3.8, 4) is 0 Å². The number of rotatable bonds is 2. The first-order valence-corrected chi connectivity index (χ1v) is 7.06. The molecular weight excluding hydrogens is 225 g/mol. The van der Waals surface area contributed by atoms with E-state index >= 15 is 0 Å². The average Bonchev–Trinajstić information content (AvgIpc) is 2.03. The molecular formula is C8H17ClNO3P. The number of piperidine rings is 1. The Balaban J connectivity index is 0.00000169. The molecule has 2 unspecified atom stereocenters. The lowest BCUT2D eigenvalue weighted by atomic mass is 10.00. The van der Waals surface area contributed by atoms with E-state index in [4.69, 9.17) is 5.11 Å². The third-order valence-corrected chi connectivity index (χ3v) is 4.71. The zero-order chi connectivity index (χ0) is 10.1. The molecule has 0 bridgehead atoms. The van der Waals surface area contributed by atoms with Gasteiger partial charge >= 0.3 is 5.97 Å². The summed E-state index contributed by atoms with van der Waals surface area (Å²) in [5.41, 5.74) is 0.0300. The fraction of sp³-hybridized carbons (Fsp3) is 0.875. The van der Waals surface area contributed by atoms with Gasteiger partial charge in [0, 0.05) is 18.7 Å². The Kier molecular flexibility index (Phi) is 5.13. The second-order valence-corrected chi connectivity index (χ2v) is 7.62. The molecule has 0 spiro atoms. The Morgan fingerprint density at radius 2 is 2.00 bits per heavy atom. The second kappa shape index (κ2) is 5.15. The molecule has 0 aliphatic carbocycles. The van der Waals surface area contributed by atoms with Gasteiger partial charge < -0.3 is 15.0 Å². The van der Waals surface area contributed by atoms with Crippen molar-refractivity contribution >= 4 is 25.5 Å². The van der Waals surface area contributed by atoms with Crippen molar-refractivity contribution in [1.82, 2.24) is 5.32 Å². The zero-order valence-electron chi connectivity index (χ0n) is 8.40. The zero-order valence-corrected chi connectivity index (χ0v) is 10.1. The molecule has 14 heavy (non-hydrogen) atoms. The smallest absolute Gasteiger partial charge is 0.307 e. The van der Waals surface area contributed by atoms with Gasteiger partial charge in [-0.2, -0.15) is 0 Å². The molecule has 4 nitrogen and oxygen atoms in total. The molecule has 0 saturated carbocycles. The predicted molar refractivity (Wildman–Crippen MR) is 59.1 cm³/mol. The normalized spacial score (nSPS) is 27.9.